The Hall–Kier alpha value is -2.39. The van der Waals surface area contributed by atoms with Crippen molar-refractivity contribution < 1.29 is 9.90 Å². The summed E-state index contributed by atoms with van der Waals surface area (Å²) in [5.74, 6) is -0.874. The predicted molar refractivity (Wildman–Crippen MR) is 85.2 cm³/mol. The second-order valence-corrected chi connectivity index (χ2v) is 4.98. The molecule has 0 aliphatic carbocycles. The average molecular weight is 281 g/mol. The maximum Gasteiger partial charge on any atom is 0.254 e. The Morgan fingerprint density at radius 2 is 1.90 bits per heavy atom. The summed E-state index contributed by atoms with van der Waals surface area (Å²) in [5, 5.41) is 13.0. The van der Waals surface area contributed by atoms with Crippen LogP contribution >= 0.6 is 0 Å². The Kier molecular flexibility index (Phi) is 4.90. The van der Waals surface area contributed by atoms with Crippen molar-refractivity contribution in [2.24, 2.45) is 0 Å². The van der Waals surface area contributed by atoms with Crippen molar-refractivity contribution in [2.75, 3.05) is 5.32 Å². The summed E-state index contributed by atoms with van der Waals surface area (Å²) in [6, 6.07) is 16.8. The van der Waals surface area contributed by atoms with E-state index in [1.54, 1.807) is 18.2 Å². The number of aryl methyl sites for hydroxylation is 1. The lowest BCUT2D eigenvalue weighted by Gasteiger charge is -2.20. The number of carbonyl (C=O) groups excluding carboxylic acids is 1. The fourth-order valence-corrected chi connectivity index (χ4v) is 2.23. The average Bonchev–Trinajstić information content (AvgIpc) is 2.49. The maximum absolute atomic E-state index is 12.2. The first-order valence-electron chi connectivity index (χ1n) is 6.85. The first-order chi connectivity index (χ1) is 10.1. The number of aliphatic hydroxyl groups is 1. The van der Waals surface area contributed by atoms with Gasteiger partial charge in [0.05, 0.1) is 0 Å². The van der Waals surface area contributed by atoms with Crippen molar-refractivity contribution in [1.29, 1.82) is 0 Å². The van der Waals surface area contributed by atoms with Crippen LogP contribution < -0.4 is 5.32 Å². The van der Waals surface area contributed by atoms with Gasteiger partial charge in [0, 0.05) is 11.6 Å². The number of anilines is 1. The minimum Gasteiger partial charge on any atom is -0.382 e. The zero-order chi connectivity index (χ0) is 15.2. The van der Waals surface area contributed by atoms with E-state index in [9.17, 15) is 9.90 Å². The number of rotatable bonds is 5. The summed E-state index contributed by atoms with van der Waals surface area (Å²) >= 11 is 0. The normalized spacial score (nSPS) is 13.2. The molecule has 1 amide bonds. The molecule has 2 N–H and O–H groups in total. The Bertz CT molecular complexity index is 622. The smallest absolute Gasteiger partial charge is 0.254 e. The van der Waals surface area contributed by atoms with E-state index in [0.717, 1.165) is 11.1 Å². The molecule has 108 valence electrons. The van der Waals surface area contributed by atoms with Gasteiger partial charge >= 0.3 is 0 Å². The molecule has 3 nitrogen and oxygen atoms in total. The van der Waals surface area contributed by atoms with Crippen molar-refractivity contribution >= 4 is 11.6 Å². The summed E-state index contributed by atoms with van der Waals surface area (Å²) in [6.45, 7) is 5.71. The van der Waals surface area contributed by atoms with Gasteiger partial charge in [0.1, 0.15) is 6.10 Å². The van der Waals surface area contributed by atoms with Crippen molar-refractivity contribution in [1.82, 2.24) is 0 Å². The Morgan fingerprint density at radius 1 is 1.19 bits per heavy atom. The summed E-state index contributed by atoms with van der Waals surface area (Å²) in [5.41, 5.74) is 2.62. The topological polar surface area (TPSA) is 49.3 Å². The second kappa shape index (κ2) is 6.86. The number of para-hydroxylation sites is 1. The van der Waals surface area contributed by atoms with Crippen LogP contribution in [0, 0.1) is 6.92 Å². The van der Waals surface area contributed by atoms with Gasteiger partial charge in [0.25, 0.3) is 5.91 Å². The van der Waals surface area contributed by atoms with E-state index in [4.69, 9.17) is 0 Å². The van der Waals surface area contributed by atoms with Crippen LogP contribution in [0.2, 0.25) is 0 Å². The van der Waals surface area contributed by atoms with Crippen LogP contribution in [0.5, 0.6) is 0 Å². The minimum atomic E-state index is -1.18. The van der Waals surface area contributed by atoms with Gasteiger partial charge in [-0.05, 0) is 24.6 Å². The highest BCUT2D eigenvalue weighted by Gasteiger charge is 2.25. The highest BCUT2D eigenvalue weighted by atomic mass is 16.3. The van der Waals surface area contributed by atoms with Crippen LogP contribution in [0.25, 0.3) is 0 Å². The molecule has 0 heterocycles. The van der Waals surface area contributed by atoms with Crippen LogP contribution in [-0.2, 0) is 4.79 Å². The third-order valence-electron chi connectivity index (χ3n) is 3.33. The maximum atomic E-state index is 12.2. The van der Waals surface area contributed by atoms with Gasteiger partial charge in [-0.2, -0.15) is 0 Å². The van der Waals surface area contributed by atoms with Gasteiger partial charge in [0.2, 0.25) is 0 Å². The number of carbonyl (C=O) groups is 1. The lowest BCUT2D eigenvalue weighted by molar-refractivity contribution is -0.124. The van der Waals surface area contributed by atoms with Gasteiger partial charge < -0.3 is 10.4 Å². The Balaban J connectivity index is 2.14. The highest BCUT2D eigenvalue weighted by Crippen LogP contribution is 2.23. The molecule has 21 heavy (non-hydrogen) atoms. The molecule has 0 fully saturated rings. The van der Waals surface area contributed by atoms with Gasteiger partial charge in [-0.3, -0.25) is 4.79 Å². The quantitative estimate of drug-likeness (QED) is 0.826. The first kappa shape index (κ1) is 15.0. The number of aliphatic hydroxyl groups excluding tert-OH is 1. The van der Waals surface area contributed by atoms with E-state index >= 15 is 0 Å². The molecule has 2 aromatic rings. The molecule has 0 saturated carbocycles. The summed E-state index contributed by atoms with van der Waals surface area (Å²) in [4.78, 5) is 12.2. The van der Waals surface area contributed by atoms with Gasteiger partial charge in [-0.25, -0.2) is 0 Å². The second-order valence-electron chi connectivity index (χ2n) is 4.98. The molecule has 0 bridgehead atoms. The molecule has 0 saturated heterocycles. The molecule has 3 heteroatoms. The van der Waals surface area contributed by atoms with Crippen LogP contribution in [0.4, 0.5) is 5.69 Å². The fraction of sp³-hybridized carbons (Fsp3) is 0.167. The molecule has 0 aliphatic rings. The molecule has 0 spiro atoms. The summed E-state index contributed by atoms with van der Waals surface area (Å²) < 4.78 is 0. The van der Waals surface area contributed by atoms with Gasteiger partial charge in [-0.15, -0.1) is 6.58 Å². The predicted octanol–water partition coefficient (Wildman–Crippen LogP) is 3.26. The lowest BCUT2D eigenvalue weighted by Crippen LogP contribution is -2.32. The summed E-state index contributed by atoms with van der Waals surface area (Å²) in [6.07, 6.45) is 0.425. The van der Waals surface area contributed by atoms with Crippen LogP contribution in [-0.4, -0.2) is 17.1 Å². The number of amides is 1. The van der Waals surface area contributed by atoms with Gasteiger partial charge in [0.15, 0.2) is 0 Å². The molecular weight excluding hydrogens is 262 g/mol. The van der Waals surface area contributed by atoms with Gasteiger partial charge in [-0.1, -0.05) is 54.1 Å². The molecule has 0 unspecified atom stereocenters. The van der Waals surface area contributed by atoms with E-state index in [2.05, 4.69) is 11.9 Å². The number of hydrogen-bond donors (Lipinski definition) is 2. The first-order valence-corrected chi connectivity index (χ1v) is 6.85. The largest absolute Gasteiger partial charge is 0.382 e. The van der Waals surface area contributed by atoms with Crippen LogP contribution in [0.1, 0.15) is 17.0 Å². The molecule has 2 atom stereocenters. The highest BCUT2D eigenvalue weighted by molar-refractivity contribution is 5.94. The number of nitrogens with one attached hydrogen (secondary N) is 1. The van der Waals surface area contributed by atoms with Crippen LogP contribution in [0.3, 0.4) is 0 Å². The van der Waals surface area contributed by atoms with Crippen molar-refractivity contribution in [3.05, 3.63) is 78.4 Å². The van der Waals surface area contributed by atoms with E-state index in [-0.39, 0.29) is 0 Å². The minimum absolute atomic E-state index is 0.436. The molecule has 0 radical (unpaired) electrons. The SMILES string of the molecule is C=C[C@@H](c1cccc(C)c1)[C@@H](O)C(=O)Nc1ccccc1. The van der Waals surface area contributed by atoms with E-state index < -0.39 is 17.9 Å². The summed E-state index contributed by atoms with van der Waals surface area (Å²) in [7, 11) is 0. The molecule has 2 aromatic carbocycles. The van der Waals surface area contributed by atoms with Crippen LogP contribution in [0.15, 0.2) is 67.3 Å². The van der Waals surface area contributed by atoms with Crippen molar-refractivity contribution in [2.45, 2.75) is 18.9 Å². The van der Waals surface area contributed by atoms with Crippen molar-refractivity contribution in [3.8, 4) is 0 Å². The Labute approximate surface area is 124 Å². The zero-order valence-electron chi connectivity index (χ0n) is 12.0. The zero-order valence-corrected chi connectivity index (χ0v) is 12.0. The van der Waals surface area contributed by atoms with E-state index in [0.29, 0.717) is 5.69 Å². The third-order valence-corrected chi connectivity index (χ3v) is 3.33. The molecule has 0 aliphatic heterocycles. The van der Waals surface area contributed by atoms with Crippen molar-refractivity contribution in [3.63, 3.8) is 0 Å². The Morgan fingerprint density at radius 3 is 2.52 bits per heavy atom. The van der Waals surface area contributed by atoms with E-state index in [1.807, 2.05) is 49.4 Å². The molecule has 2 rings (SSSR count). The monoisotopic (exact) mass is 281 g/mol. The third kappa shape index (κ3) is 3.80. The number of hydrogen-bond acceptors (Lipinski definition) is 2. The molecule has 0 aromatic heterocycles. The fourth-order valence-electron chi connectivity index (χ4n) is 2.23. The lowest BCUT2D eigenvalue weighted by atomic mass is 9.92. The van der Waals surface area contributed by atoms with E-state index in [1.165, 1.54) is 0 Å². The number of benzene rings is 2. The standard InChI is InChI=1S/C18H19NO2/c1-3-16(14-9-7-8-13(2)12-14)17(20)18(21)19-15-10-5-4-6-11-15/h3-12,16-17,20H,1H2,2H3,(H,19,21)/t16-,17+/m0/s1. The molecular formula is C18H19NO2.